The SMILES string of the molecule is COc1cc2c(cc1OC)[C@H]1C[C@H](CCCO)[C@@]1(O)c1ccc(OC)c(OC)c1-2. The molecule has 2 aromatic rings. The van der Waals surface area contributed by atoms with Gasteiger partial charge in [-0.3, -0.25) is 0 Å². The zero-order valence-electron chi connectivity index (χ0n) is 17.3. The van der Waals surface area contributed by atoms with Crippen LogP contribution in [0.3, 0.4) is 0 Å². The fraction of sp³-hybridized carbons (Fsp3) is 0.478. The first-order valence-corrected chi connectivity index (χ1v) is 9.90. The van der Waals surface area contributed by atoms with Crippen molar-refractivity contribution in [3.8, 4) is 34.1 Å². The minimum atomic E-state index is -1.02. The molecule has 2 aromatic carbocycles. The number of benzene rings is 2. The molecule has 6 nitrogen and oxygen atoms in total. The van der Waals surface area contributed by atoms with Crippen LogP contribution in [-0.4, -0.2) is 45.3 Å². The van der Waals surface area contributed by atoms with Crippen molar-refractivity contribution in [2.45, 2.75) is 30.8 Å². The highest BCUT2D eigenvalue weighted by molar-refractivity contribution is 5.85. The van der Waals surface area contributed by atoms with E-state index in [1.54, 1.807) is 28.4 Å². The molecule has 1 fully saturated rings. The van der Waals surface area contributed by atoms with E-state index in [-0.39, 0.29) is 18.4 Å². The predicted octanol–water partition coefficient (Wildman–Crippen LogP) is 3.47. The van der Waals surface area contributed by atoms with Crippen LogP contribution in [0.4, 0.5) is 0 Å². The van der Waals surface area contributed by atoms with Gasteiger partial charge in [0.2, 0.25) is 0 Å². The summed E-state index contributed by atoms with van der Waals surface area (Å²) in [6, 6.07) is 7.71. The number of ether oxygens (including phenoxy) is 4. The Labute approximate surface area is 171 Å². The van der Waals surface area contributed by atoms with Gasteiger partial charge in [-0.05, 0) is 60.1 Å². The van der Waals surface area contributed by atoms with E-state index in [1.807, 2.05) is 24.3 Å². The molecule has 156 valence electrons. The third-order valence-electron chi connectivity index (χ3n) is 6.56. The predicted molar refractivity (Wildman–Crippen MR) is 109 cm³/mol. The quantitative estimate of drug-likeness (QED) is 0.741. The first kappa shape index (κ1) is 19.9. The number of hydrogen-bond acceptors (Lipinski definition) is 6. The lowest BCUT2D eigenvalue weighted by Crippen LogP contribution is -2.53. The standard InChI is InChI=1S/C23H28O6/c1-26-18-8-7-16-21(22(18)29-4)15-12-20(28-3)19(27-2)11-14(15)17-10-13(6-5-9-24)23(16,17)25/h7-8,11-13,17,24-25H,5-6,9-10H2,1-4H3/t13-,17+,23+/m0/s1. The van der Waals surface area contributed by atoms with Crippen molar-refractivity contribution in [2.24, 2.45) is 5.92 Å². The van der Waals surface area contributed by atoms with Crippen molar-refractivity contribution in [3.05, 3.63) is 35.4 Å². The van der Waals surface area contributed by atoms with E-state index in [2.05, 4.69) is 0 Å². The molecule has 0 spiro atoms. The van der Waals surface area contributed by atoms with Gasteiger partial charge >= 0.3 is 0 Å². The summed E-state index contributed by atoms with van der Waals surface area (Å²) in [5.41, 5.74) is 2.63. The van der Waals surface area contributed by atoms with Crippen LogP contribution in [0.25, 0.3) is 11.1 Å². The highest BCUT2D eigenvalue weighted by Gasteiger charge is 2.59. The molecule has 6 heteroatoms. The topological polar surface area (TPSA) is 77.4 Å². The molecule has 0 unspecified atom stereocenters. The lowest BCUT2D eigenvalue weighted by atomic mass is 9.51. The first-order valence-electron chi connectivity index (χ1n) is 9.90. The molecular weight excluding hydrogens is 372 g/mol. The monoisotopic (exact) mass is 400 g/mol. The number of hydrogen-bond donors (Lipinski definition) is 2. The Hall–Kier alpha value is -2.44. The molecule has 0 aromatic heterocycles. The minimum Gasteiger partial charge on any atom is -0.493 e. The summed E-state index contributed by atoms with van der Waals surface area (Å²) >= 11 is 0. The van der Waals surface area contributed by atoms with Gasteiger partial charge < -0.3 is 29.2 Å². The molecule has 1 saturated carbocycles. The Morgan fingerprint density at radius 3 is 2.28 bits per heavy atom. The maximum Gasteiger partial charge on any atom is 0.168 e. The van der Waals surface area contributed by atoms with E-state index in [0.717, 1.165) is 35.1 Å². The number of aliphatic hydroxyl groups excluding tert-OH is 1. The smallest absolute Gasteiger partial charge is 0.168 e. The van der Waals surface area contributed by atoms with Gasteiger partial charge in [0, 0.05) is 18.1 Å². The first-order chi connectivity index (χ1) is 14.0. The van der Waals surface area contributed by atoms with E-state index in [0.29, 0.717) is 29.4 Å². The fourth-order valence-corrected chi connectivity index (χ4v) is 5.14. The van der Waals surface area contributed by atoms with Crippen molar-refractivity contribution in [3.63, 3.8) is 0 Å². The summed E-state index contributed by atoms with van der Waals surface area (Å²) in [7, 11) is 6.44. The van der Waals surface area contributed by atoms with E-state index in [4.69, 9.17) is 18.9 Å². The summed E-state index contributed by atoms with van der Waals surface area (Å²) in [5, 5.41) is 21.2. The van der Waals surface area contributed by atoms with Gasteiger partial charge in [-0.15, -0.1) is 0 Å². The van der Waals surface area contributed by atoms with Gasteiger partial charge in [-0.2, -0.15) is 0 Å². The molecule has 2 aliphatic carbocycles. The van der Waals surface area contributed by atoms with Gasteiger partial charge in [-0.25, -0.2) is 0 Å². The maximum atomic E-state index is 11.9. The molecular formula is C23H28O6. The third kappa shape index (κ3) is 2.69. The average Bonchev–Trinajstić information content (AvgIpc) is 2.75. The Morgan fingerprint density at radius 2 is 1.66 bits per heavy atom. The molecule has 0 bridgehead atoms. The largest absolute Gasteiger partial charge is 0.493 e. The lowest BCUT2D eigenvalue weighted by Gasteiger charge is -2.56. The van der Waals surface area contributed by atoms with Gasteiger partial charge in [0.1, 0.15) is 5.60 Å². The Balaban J connectivity index is 1.99. The molecule has 0 saturated heterocycles. The molecule has 0 aliphatic heterocycles. The third-order valence-corrected chi connectivity index (χ3v) is 6.56. The second-order valence-corrected chi connectivity index (χ2v) is 7.69. The second-order valence-electron chi connectivity index (χ2n) is 7.69. The summed E-state index contributed by atoms with van der Waals surface area (Å²) < 4.78 is 22.3. The highest BCUT2D eigenvalue weighted by Crippen LogP contribution is 2.66. The molecule has 2 N–H and O–H groups in total. The van der Waals surface area contributed by atoms with Crippen LogP contribution in [-0.2, 0) is 5.60 Å². The van der Waals surface area contributed by atoms with Gasteiger partial charge in [-0.1, -0.05) is 6.07 Å². The molecule has 4 rings (SSSR count). The fourth-order valence-electron chi connectivity index (χ4n) is 5.14. The Bertz CT molecular complexity index is 924. The van der Waals surface area contributed by atoms with Crippen LogP contribution in [0.5, 0.6) is 23.0 Å². The molecule has 0 amide bonds. The zero-order valence-corrected chi connectivity index (χ0v) is 17.3. The van der Waals surface area contributed by atoms with Crippen LogP contribution in [0, 0.1) is 5.92 Å². The second kappa shape index (κ2) is 7.43. The maximum absolute atomic E-state index is 11.9. The Morgan fingerprint density at radius 1 is 0.966 bits per heavy atom. The van der Waals surface area contributed by atoms with Gasteiger partial charge in [0.15, 0.2) is 23.0 Å². The number of methoxy groups -OCH3 is 4. The highest BCUT2D eigenvalue weighted by atomic mass is 16.5. The number of aliphatic hydroxyl groups is 2. The van der Waals surface area contributed by atoms with Crippen LogP contribution >= 0.6 is 0 Å². The molecule has 3 atom stereocenters. The summed E-state index contributed by atoms with van der Waals surface area (Å²) in [5.74, 6) is 2.49. The van der Waals surface area contributed by atoms with Crippen molar-refractivity contribution in [2.75, 3.05) is 35.0 Å². The normalized spacial score (nSPS) is 23.9. The van der Waals surface area contributed by atoms with Gasteiger partial charge in [0.05, 0.1) is 28.4 Å². The zero-order chi connectivity index (χ0) is 20.8. The molecule has 29 heavy (non-hydrogen) atoms. The summed E-state index contributed by atoms with van der Waals surface area (Å²) in [6.07, 6.45) is 2.29. The van der Waals surface area contributed by atoms with Crippen molar-refractivity contribution in [1.29, 1.82) is 0 Å². The van der Waals surface area contributed by atoms with Gasteiger partial charge in [0.25, 0.3) is 0 Å². The van der Waals surface area contributed by atoms with E-state index >= 15 is 0 Å². The average molecular weight is 400 g/mol. The number of rotatable bonds is 7. The lowest BCUT2D eigenvalue weighted by molar-refractivity contribution is -0.131. The van der Waals surface area contributed by atoms with Crippen LogP contribution in [0.15, 0.2) is 24.3 Å². The summed E-state index contributed by atoms with van der Waals surface area (Å²) in [6.45, 7) is 0.123. The van der Waals surface area contributed by atoms with E-state index in [1.165, 1.54) is 0 Å². The van der Waals surface area contributed by atoms with Crippen LogP contribution in [0.2, 0.25) is 0 Å². The number of fused-ring (bicyclic) bond motifs is 6. The van der Waals surface area contributed by atoms with Crippen LogP contribution < -0.4 is 18.9 Å². The molecule has 2 aliphatic rings. The minimum absolute atomic E-state index is 0.0494. The van der Waals surface area contributed by atoms with Crippen molar-refractivity contribution in [1.82, 2.24) is 0 Å². The van der Waals surface area contributed by atoms with Crippen molar-refractivity contribution < 1.29 is 29.2 Å². The van der Waals surface area contributed by atoms with Crippen LogP contribution in [0.1, 0.15) is 36.3 Å². The van der Waals surface area contributed by atoms with Crippen molar-refractivity contribution >= 4 is 0 Å². The molecule has 0 heterocycles. The Kier molecular flexibility index (Phi) is 5.09. The van der Waals surface area contributed by atoms with E-state index < -0.39 is 5.60 Å². The van der Waals surface area contributed by atoms with E-state index in [9.17, 15) is 10.2 Å². The molecule has 0 radical (unpaired) electrons. The summed E-state index contributed by atoms with van der Waals surface area (Å²) in [4.78, 5) is 0.